The molecule has 1 aliphatic rings. The van der Waals surface area contributed by atoms with Gasteiger partial charge in [-0.1, -0.05) is 61.5 Å². The fraction of sp³-hybridized carbons (Fsp3) is 0.400. The van der Waals surface area contributed by atoms with Crippen LogP contribution in [0.3, 0.4) is 0 Å². The van der Waals surface area contributed by atoms with E-state index < -0.39 is 0 Å². The molecule has 110 valence electrons. The number of nitrogens with one attached hydrogen (secondary N) is 1. The van der Waals surface area contributed by atoms with Crippen LogP contribution in [0, 0.1) is 0 Å². The summed E-state index contributed by atoms with van der Waals surface area (Å²) in [6.07, 6.45) is 3.67. The second-order valence-electron chi connectivity index (χ2n) is 6.35. The fourth-order valence-corrected chi connectivity index (χ4v) is 4.08. The lowest BCUT2D eigenvalue weighted by Crippen LogP contribution is -2.26. The smallest absolute Gasteiger partial charge is 0.0211 e. The summed E-state index contributed by atoms with van der Waals surface area (Å²) in [5.41, 5.74) is 4.79. The largest absolute Gasteiger partial charge is 0.320 e. The number of rotatable bonds is 5. The molecule has 0 aliphatic heterocycles. The van der Waals surface area contributed by atoms with Gasteiger partial charge >= 0.3 is 0 Å². The van der Waals surface area contributed by atoms with Crippen molar-refractivity contribution in [2.75, 3.05) is 13.6 Å². The minimum Gasteiger partial charge on any atom is -0.320 e. The van der Waals surface area contributed by atoms with Crippen molar-refractivity contribution in [2.24, 2.45) is 0 Å². The first-order chi connectivity index (χ1) is 10.3. The first-order valence-electron chi connectivity index (χ1n) is 8.07. The number of hydrogen-bond donors (Lipinski definition) is 1. The Morgan fingerprint density at radius 1 is 1.05 bits per heavy atom. The molecule has 0 saturated heterocycles. The summed E-state index contributed by atoms with van der Waals surface area (Å²) in [6, 6.07) is 20.2. The van der Waals surface area contributed by atoms with Crippen LogP contribution in [0.4, 0.5) is 0 Å². The molecule has 21 heavy (non-hydrogen) atoms. The van der Waals surface area contributed by atoms with Crippen LogP contribution in [0.5, 0.6) is 0 Å². The average molecular weight is 279 g/mol. The topological polar surface area (TPSA) is 12.0 Å². The van der Waals surface area contributed by atoms with Crippen molar-refractivity contribution >= 4 is 0 Å². The van der Waals surface area contributed by atoms with E-state index in [1.807, 2.05) is 7.05 Å². The summed E-state index contributed by atoms with van der Waals surface area (Å²) in [5.74, 6) is 0.649. The van der Waals surface area contributed by atoms with Crippen molar-refractivity contribution in [3.63, 3.8) is 0 Å². The molecule has 2 aromatic rings. The molecule has 0 radical (unpaired) electrons. The van der Waals surface area contributed by atoms with E-state index >= 15 is 0 Å². The Morgan fingerprint density at radius 3 is 2.52 bits per heavy atom. The van der Waals surface area contributed by atoms with Crippen LogP contribution in [0.15, 0.2) is 54.6 Å². The molecule has 0 spiro atoms. The average Bonchev–Trinajstić information content (AvgIpc) is 2.83. The second kappa shape index (κ2) is 6.03. The van der Waals surface area contributed by atoms with Crippen LogP contribution in [0.25, 0.3) is 0 Å². The van der Waals surface area contributed by atoms with E-state index in [1.54, 1.807) is 11.1 Å². The Balaban J connectivity index is 2.06. The molecule has 0 amide bonds. The highest BCUT2D eigenvalue weighted by molar-refractivity contribution is 5.49. The van der Waals surface area contributed by atoms with Crippen LogP contribution >= 0.6 is 0 Å². The van der Waals surface area contributed by atoms with Crippen molar-refractivity contribution in [3.05, 3.63) is 71.3 Å². The second-order valence-corrected chi connectivity index (χ2v) is 6.35. The highest BCUT2D eigenvalue weighted by Gasteiger charge is 2.42. The third kappa shape index (κ3) is 2.51. The number of fused-ring (bicyclic) bond motifs is 1. The van der Waals surface area contributed by atoms with Gasteiger partial charge in [0.15, 0.2) is 0 Å². The molecule has 1 aliphatic carbocycles. The van der Waals surface area contributed by atoms with E-state index in [0.29, 0.717) is 5.92 Å². The molecule has 1 nitrogen and oxygen atoms in total. The van der Waals surface area contributed by atoms with Crippen molar-refractivity contribution < 1.29 is 0 Å². The van der Waals surface area contributed by atoms with Gasteiger partial charge in [-0.05, 0) is 55.5 Å². The molecule has 1 N–H and O–H groups in total. The maximum atomic E-state index is 3.30. The molecular formula is C20H25N. The summed E-state index contributed by atoms with van der Waals surface area (Å²) >= 11 is 0. The van der Waals surface area contributed by atoms with E-state index in [9.17, 15) is 0 Å². The maximum absolute atomic E-state index is 3.30. The molecule has 0 fully saturated rings. The van der Waals surface area contributed by atoms with Gasteiger partial charge in [0.1, 0.15) is 0 Å². The lowest BCUT2D eigenvalue weighted by molar-refractivity contribution is 0.428. The Morgan fingerprint density at radius 2 is 1.76 bits per heavy atom. The highest BCUT2D eigenvalue weighted by Crippen LogP contribution is 2.52. The van der Waals surface area contributed by atoms with Gasteiger partial charge in [0.2, 0.25) is 0 Å². The molecule has 0 bridgehead atoms. The summed E-state index contributed by atoms with van der Waals surface area (Å²) in [7, 11) is 2.04. The number of hydrogen-bond acceptors (Lipinski definition) is 1. The van der Waals surface area contributed by atoms with Gasteiger partial charge in [-0.15, -0.1) is 0 Å². The minimum atomic E-state index is 0.202. The van der Waals surface area contributed by atoms with Crippen LogP contribution in [0.2, 0.25) is 0 Å². The first-order valence-corrected chi connectivity index (χ1v) is 8.07. The third-order valence-electron chi connectivity index (χ3n) is 5.02. The highest BCUT2D eigenvalue weighted by atomic mass is 14.8. The Hall–Kier alpha value is -1.60. The van der Waals surface area contributed by atoms with Gasteiger partial charge in [0.05, 0.1) is 0 Å². The summed E-state index contributed by atoms with van der Waals surface area (Å²) < 4.78 is 0. The zero-order chi connectivity index (χ0) is 14.7. The molecule has 2 aromatic carbocycles. The standard InChI is InChI=1S/C20H25N/c1-16-15-20(13-8-14-21-2,17-9-4-3-5-10-17)19-12-7-6-11-18(16)19/h3-7,9-12,16,21H,8,13-15H2,1-2H3. The predicted molar refractivity (Wildman–Crippen MR) is 89.9 cm³/mol. The molecular weight excluding hydrogens is 254 g/mol. The predicted octanol–water partition coefficient (Wildman–Crippen LogP) is 4.48. The van der Waals surface area contributed by atoms with E-state index in [2.05, 4.69) is 66.8 Å². The molecule has 2 unspecified atom stereocenters. The zero-order valence-corrected chi connectivity index (χ0v) is 13.1. The first kappa shape index (κ1) is 14.3. The summed E-state index contributed by atoms with van der Waals surface area (Å²) in [4.78, 5) is 0. The van der Waals surface area contributed by atoms with Crippen molar-refractivity contribution in [3.8, 4) is 0 Å². The van der Waals surface area contributed by atoms with Crippen LogP contribution in [-0.2, 0) is 5.41 Å². The van der Waals surface area contributed by atoms with Gasteiger partial charge in [0, 0.05) is 5.41 Å². The zero-order valence-electron chi connectivity index (χ0n) is 13.1. The van der Waals surface area contributed by atoms with Crippen molar-refractivity contribution in [2.45, 2.75) is 37.5 Å². The summed E-state index contributed by atoms with van der Waals surface area (Å²) in [6.45, 7) is 3.47. The van der Waals surface area contributed by atoms with Gasteiger partial charge in [-0.3, -0.25) is 0 Å². The molecule has 3 rings (SSSR count). The van der Waals surface area contributed by atoms with Crippen LogP contribution in [-0.4, -0.2) is 13.6 Å². The van der Waals surface area contributed by atoms with E-state index in [1.165, 1.54) is 24.8 Å². The van der Waals surface area contributed by atoms with Crippen LogP contribution in [0.1, 0.15) is 48.8 Å². The van der Waals surface area contributed by atoms with Gasteiger partial charge in [-0.25, -0.2) is 0 Å². The van der Waals surface area contributed by atoms with E-state index in [4.69, 9.17) is 0 Å². The lowest BCUT2D eigenvalue weighted by atomic mass is 9.72. The Bertz CT molecular complexity index is 590. The minimum absolute atomic E-state index is 0.202. The maximum Gasteiger partial charge on any atom is 0.0211 e. The molecule has 1 heteroatoms. The van der Waals surface area contributed by atoms with Crippen molar-refractivity contribution in [1.29, 1.82) is 0 Å². The van der Waals surface area contributed by atoms with Crippen molar-refractivity contribution in [1.82, 2.24) is 5.32 Å². The van der Waals surface area contributed by atoms with Gasteiger partial charge < -0.3 is 5.32 Å². The quantitative estimate of drug-likeness (QED) is 0.796. The normalized spacial score (nSPS) is 24.0. The van der Waals surface area contributed by atoms with E-state index in [-0.39, 0.29) is 5.41 Å². The molecule has 0 saturated carbocycles. The fourth-order valence-electron chi connectivity index (χ4n) is 4.08. The summed E-state index contributed by atoms with van der Waals surface area (Å²) in [5, 5.41) is 3.30. The Kier molecular flexibility index (Phi) is 4.12. The van der Waals surface area contributed by atoms with Gasteiger partial charge in [-0.2, -0.15) is 0 Å². The van der Waals surface area contributed by atoms with E-state index in [0.717, 1.165) is 6.54 Å². The molecule has 0 heterocycles. The molecule has 0 aromatic heterocycles. The SMILES string of the molecule is CNCCCC1(c2ccccc2)CC(C)c2ccccc21. The van der Waals surface area contributed by atoms with Gasteiger partial charge in [0.25, 0.3) is 0 Å². The third-order valence-corrected chi connectivity index (χ3v) is 5.02. The molecule has 2 atom stereocenters. The number of benzene rings is 2. The monoisotopic (exact) mass is 279 g/mol. The Labute approximate surface area is 128 Å². The lowest BCUT2D eigenvalue weighted by Gasteiger charge is -2.32. The van der Waals surface area contributed by atoms with Crippen LogP contribution < -0.4 is 5.32 Å².